The van der Waals surface area contributed by atoms with Gasteiger partial charge in [-0.15, -0.1) is 0 Å². The quantitative estimate of drug-likeness (QED) is 0.408. The van der Waals surface area contributed by atoms with E-state index in [4.69, 9.17) is 0 Å². The van der Waals surface area contributed by atoms with Crippen LogP contribution in [0, 0.1) is 0 Å². The van der Waals surface area contributed by atoms with Crippen molar-refractivity contribution in [1.29, 1.82) is 0 Å². The average Bonchev–Trinajstić information content (AvgIpc) is 2.60. The topological polar surface area (TPSA) is 40.5 Å². The summed E-state index contributed by atoms with van der Waals surface area (Å²) in [4.78, 5) is 0. The Morgan fingerprint density at radius 1 is 0.515 bits per heavy atom. The molecule has 0 spiro atoms. The fourth-order valence-electron chi connectivity index (χ4n) is 3.89. The van der Waals surface area contributed by atoms with Gasteiger partial charge in [0.05, 0.1) is 0 Å². The van der Waals surface area contributed by atoms with E-state index in [-0.39, 0.29) is 36.6 Å². The van der Waals surface area contributed by atoms with Gasteiger partial charge in [0.1, 0.15) is 0 Å². The van der Waals surface area contributed by atoms with Crippen molar-refractivity contribution in [3.8, 4) is 11.5 Å². The van der Waals surface area contributed by atoms with E-state index in [1.807, 2.05) is 0 Å². The molecule has 2 aromatic rings. The summed E-state index contributed by atoms with van der Waals surface area (Å²) in [5, 5.41) is 23.9. The SMILES string of the molecule is CC(C)(C)c1cc(C[Se]Cc2cc(C(C)(C)C)cc(C(C)(C)C)c2O)c(O)c(C(C)(C)C)c1. The molecule has 0 fully saturated rings. The molecular weight excluding hydrogens is 471 g/mol. The van der Waals surface area contributed by atoms with Crippen LogP contribution in [0.25, 0.3) is 0 Å². The molecule has 0 atom stereocenters. The average molecular weight is 518 g/mol. The summed E-state index contributed by atoms with van der Waals surface area (Å²) in [5.41, 5.74) is 6.47. The van der Waals surface area contributed by atoms with E-state index >= 15 is 0 Å². The fourth-order valence-corrected chi connectivity index (χ4v) is 5.95. The van der Waals surface area contributed by atoms with E-state index in [1.165, 1.54) is 11.1 Å². The fraction of sp³-hybridized carbons (Fsp3) is 0.600. The Labute approximate surface area is 209 Å². The summed E-state index contributed by atoms with van der Waals surface area (Å²) in [5.74, 6) is 0.890. The van der Waals surface area contributed by atoms with Crippen LogP contribution in [0.5, 0.6) is 11.5 Å². The van der Waals surface area contributed by atoms with Gasteiger partial charge >= 0.3 is 210 Å². The van der Waals surface area contributed by atoms with E-state index in [2.05, 4.69) is 107 Å². The van der Waals surface area contributed by atoms with Crippen molar-refractivity contribution in [3.05, 3.63) is 57.6 Å². The Morgan fingerprint density at radius 2 is 0.818 bits per heavy atom. The predicted octanol–water partition coefficient (Wildman–Crippen LogP) is 7.69. The van der Waals surface area contributed by atoms with Gasteiger partial charge in [-0.1, -0.05) is 0 Å². The number of rotatable bonds is 4. The summed E-state index contributed by atoms with van der Waals surface area (Å²) >= 11 is 0.215. The van der Waals surface area contributed by atoms with Gasteiger partial charge in [-0.25, -0.2) is 0 Å². The van der Waals surface area contributed by atoms with Gasteiger partial charge in [0, 0.05) is 0 Å². The first-order valence-corrected chi connectivity index (χ1v) is 14.5. The van der Waals surface area contributed by atoms with Crippen LogP contribution in [-0.4, -0.2) is 25.2 Å². The maximum absolute atomic E-state index is 11.1. The second-order valence-corrected chi connectivity index (χ2v) is 15.6. The normalized spacial score (nSPS) is 13.5. The summed E-state index contributed by atoms with van der Waals surface area (Å²) in [6.07, 6.45) is 0. The van der Waals surface area contributed by atoms with E-state index < -0.39 is 0 Å². The van der Waals surface area contributed by atoms with Crippen LogP contribution in [0.2, 0.25) is 0 Å². The molecule has 0 aliphatic carbocycles. The third kappa shape index (κ3) is 6.80. The molecule has 2 rings (SSSR count). The zero-order chi connectivity index (χ0) is 25.6. The van der Waals surface area contributed by atoms with Crippen LogP contribution < -0.4 is 0 Å². The molecule has 0 radical (unpaired) electrons. The summed E-state index contributed by atoms with van der Waals surface area (Å²) < 4.78 is 0. The molecule has 3 heteroatoms. The molecule has 0 aliphatic rings. The molecule has 184 valence electrons. The minimum atomic E-state index is -0.117. The van der Waals surface area contributed by atoms with Crippen LogP contribution in [0.3, 0.4) is 0 Å². The third-order valence-corrected chi connectivity index (χ3v) is 8.40. The molecule has 0 aromatic heterocycles. The van der Waals surface area contributed by atoms with E-state index in [0.717, 1.165) is 32.9 Å². The van der Waals surface area contributed by atoms with Gasteiger partial charge < -0.3 is 0 Å². The van der Waals surface area contributed by atoms with Gasteiger partial charge in [0.2, 0.25) is 0 Å². The van der Waals surface area contributed by atoms with Crippen LogP contribution in [-0.2, 0) is 32.3 Å². The molecule has 0 unspecified atom stereocenters. The summed E-state index contributed by atoms with van der Waals surface area (Å²) in [6.45, 7) is 26.3. The van der Waals surface area contributed by atoms with Crippen LogP contribution in [0.1, 0.15) is 116 Å². The molecule has 0 bridgehead atoms. The van der Waals surface area contributed by atoms with Crippen LogP contribution in [0.15, 0.2) is 24.3 Å². The number of phenolic OH excluding ortho intramolecular Hbond substituents is 2. The van der Waals surface area contributed by atoms with E-state index in [0.29, 0.717) is 11.5 Å². The summed E-state index contributed by atoms with van der Waals surface area (Å²) in [6, 6.07) is 8.75. The third-order valence-electron chi connectivity index (χ3n) is 6.24. The first-order chi connectivity index (χ1) is 14.7. The van der Waals surface area contributed by atoms with E-state index in [9.17, 15) is 10.2 Å². The monoisotopic (exact) mass is 518 g/mol. The maximum atomic E-state index is 11.1. The van der Waals surface area contributed by atoms with Gasteiger partial charge in [-0.3, -0.25) is 0 Å². The number of phenols is 2. The molecule has 33 heavy (non-hydrogen) atoms. The van der Waals surface area contributed by atoms with E-state index in [1.54, 1.807) is 0 Å². The number of hydrogen-bond donors (Lipinski definition) is 2. The Bertz CT molecular complexity index is 909. The van der Waals surface area contributed by atoms with Gasteiger partial charge in [0.25, 0.3) is 0 Å². The zero-order valence-corrected chi connectivity index (χ0v) is 24.7. The molecule has 0 saturated carbocycles. The molecule has 0 aliphatic heterocycles. The Morgan fingerprint density at radius 3 is 1.06 bits per heavy atom. The molecule has 2 N–H and O–H groups in total. The minimum absolute atomic E-state index is 0.0242. The van der Waals surface area contributed by atoms with Gasteiger partial charge in [0.15, 0.2) is 0 Å². The van der Waals surface area contributed by atoms with Gasteiger partial charge in [-0.05, 0) is 0 Å². The van der Waals surface area contributed by atoms with Crippen LogP contribution >= 0.6 is 0 Å². The Hall–Kier alpha value is -1.44. The summed E-state index contributed by atoms with van der Waals surface area (Å²) in [7, 11) is 0. The Kier molecular flexibility index (Phi) is 7.84. The molecule has 0 saturated heterocycles. The van der Waals surface area contributed by atoms with Crippen LogP contribution in [0.4, 0.5) is 0 Å². The van der Waals surface area contributed by atoms with Crippen molar-refractivity contribution in [1.82, 2.24) is 0 Å². The Balaban J connectivity index is 2.43. The van der Waals surface area contributed by atoms with Gasteiger partial charge in [-0.2, -0.15) is 0 Å². The second-order valence-electron chi connectivity index (χ2n) is 13.6. The van der Waals surface area contributed by atoms with Crippen molar-refractivity contribution < 1.29 is 10.2 Å². The van der Waals surface area contributed by atoms with Crippen molar-refractivity contribution in [2.24, 2.45) is 0 Å². The predicted molar refractivity (Wildman–Crippen MR) is 144 cm³/mol. The molecule has 2 nitrogen and oxygen atoms in total. The number of benzene rings is 2. The second kappa shape index (κ2) is 9.31. The molecule has 2 aromatic carbocycles. The van der Waals surface area contributed by atoms with Crippen molar-refractivity contribution in [2.75, 3.05) is 0 Å². The first kappa shape index (κ1) is 27.8. The standard InChI is InChI=1S/C30H46O2Se/c1-27(2,3)21-13-19(25(31)23(15-21)29(7,8)9)17-33-18-20-14-22(28(4,5)6)16-24(26(20)32)30(10,11)12/h13-16,31-32H,17-18H2,1-12H3. The zero-order valence-electron chi connectivity index (χ0n) is 23.0. The molecular formula is C30H46O2Se. The number of hydrogen-bond acceptors (Lipinski definition) is 2. The number of aromatic hydroxyl groups is 2. The molecule has 0 amide bonds. The first-order valence-electron chi connectivity index (χ1n) is 12.0. The van der Waals surface area contributed by atoms with Crippen molar-refractivity contribution in [2.45, 2.75) is 115 Å². The van der Waals surface area contributed by atoms with Crippen molar-refractivity contribution >= 4 is 15.0 Å². The van der Waals surface area contributed by atoms with Crippen molar-refractivity contribution in [3.63, 3.8) is 0 Å². The molecule has 0 heterocycles.